The number of carbonyl (C=O) groups excluding carboxylic acids is 1. The van der Waals surface area contributed by atoms with E-state index in [9.17, 15) is 4.79 Å². The number of aryl methyl sites for hydroxylation is 1. The normalized spacial score (nSPS) is 11.1. The Bertz CT molecular complexity index is 1020. The number of hydrogen-bond donors (Lipinski definition) is 0. The van der Waals surface area contributed by atoms with Gasteiger partial charge in [-0.2, -0.15) is 0 Å². The molecule has 0 fully saturated rings. The quantitative estimate of drug-likeness (QED) is 0.253. The monoisotopic (exact) mass is 437 g/mol. The van der Waals surface area contributed by atoms with E-state index in [2.05, 4.69) is 16.6 Å². The molecule has 0 aliphatic heterocycles. The van der Waals surface area contributed by atoms with Crippen LogP contribution in [0.1, 0.15) is 35.1 Å². The third-order valence-corrected chi connectivity index (χ3v) is 6.87. The van der Waals surface area contributed by atoms with E-state index in [-0.39, 0.29) is 5.78 Å². The lowest BCUT2D eigenvalue weighted by Gasteiger charge is -2.07. The molecule has 2 aromatic heterocycles. The second kappa shape index (κ2) is 8.73. The molecule has 0 atom stereocenters. The summed E-state index contributed by atoms with van der Waals surface area (Å²) in [6.07, 6.45) is 1.05. The first-order chi connectivity index (χ1) is 12.9. The fourth-order valence-corrected chi connectivity index (χ4v) is 5.29. The highest BCUT2D eigenvalue weighted by Gasteiger charge is 2.16. The Morgan fingerprint density at radius 3 is 2.67 bits per heavy atom. The molecule has 8 heteroatoms. The summed E-state index contributed by atoms with van der Waals surface area (Å²) in [5.74, 6) is 0.467. The van der Waals surface area contributed by atoms with Crippen molar-refractivity contribution in [2.75, 3.05) is 5.75 Å². The maximum atomic E-state index is 12.7. The van der Waals surface area contributed by atoms with Crippen molar-refractivity contribution >= 4 is 52.7 Å². The van der Waals surface area contributed by atoms with Gasteiger partial charge in [0, 0.05) is 28.5 Å². The van der Waals surface area contributed by atoms with Crippen LogP contribution in [0.2, 0.25) is 5.02 Å². The largest absolute Gasteiger partial charge is 0.348 e. The molecule has 0 amide bonds. The highest BCUT2D eigenvalue weighted by Crippen LogP contribution is 2.26. The zero-order valence-corrected chi connectivity index (χ0v) is 18.6. The molecule has 0 radical (unpaired) electrons. The van der Waals surface area contributed by atoms with E-state index >= 15 is 0 Å². The van der Waals surface area contributed by atoms with Crippen molar-refractivity contribution in [2.24, 2.45) is 0 Å². The minimum atomic E-state index is 0.120. The summed E-state index contributed by atoms with van der Waals surface area (Å²) in [7, 11) is 0. The van der Waals surface area contributed by atoms with Crippen molar-refractivity contribution in [3.63, 3.8) is 0 Å². The average Bonchev–Trinajstić information content (AvgIpc) is 3.15. The lowest BCUT2D eigenvalue weighted by Crippen LogP contribution is -2.06. The number of rotatable bonds is 7. The molecule has 0 aliphatic rings. The number of halogens is 1. The average molecular weight is 438 g/mol. The van der Waals surface area contributed by atoms with Gasteiger partial charge in [-0.3, -0.25) is 4.79 Å². The summed E-state index contributed by atoms with van der Waals surface area (Å²) < 4.78 is 5.34. The third-order valence-electron chi connectivity index (χ3n) is 4.25. The van der Waals surface area contributed by atoms with Crippen molar-refractivity contribution < 1.29 is 4.79 Å². The first kappa shape index (κ1) is 20.3. The first-order valence-corrected chi connectivity index (χ1v) is 11.2. The van der Waals surface area contributed by atoms with Gasteiger partial charge < -0.3 is 4.57 Å². The van der Waals surface area contributed by atoms with E-state index in [1.807, 2.05) is 32.0 Å². The van der Waals surface area contributed by atoms with E-state index in [4.69, 9.17) is 23.8 Å². The standard InChI is InChI=1S/C19H20ClN3OS3/c1-4-9-22-12(2)10-16(13(22)3)17(24)11-26-18-21-23(19(25)27-18)15-7-5-14(20)6-8-15/h5-8,10H,4,9,11H2,1-3H3. The second-order valence-electron chi connectivity index (χ2n) is 6.17. The van der Waals surface area contributed by atoms with Gasteiger partial charge in [0.25, 0.3) is 0 Å². The molecule has 3 aromatic rings. The summed E-state index contributed by atoms with van der Waals surface area (Å²) in [5.41, 5.74) is 3.83. The highest BCUT2D eigenvalue weighted by atomic mass is 35.5. The fourth-order valence-electron chi connectivity index (χ4n) is 2.92. The number of aromatic nitrogens is 3. The molecule has 0 unspecified atom stereocenters. The molecular formula is C19H20ClN3OS3. The molecule has 4 nitrogen and oxygen atoms in total. The summed E-state index contributed by atoms with van der Waals surface area (Å²) >= 11 is 14.2. The van der Waals surface area contributed by atoms with Gasteiger partial charge in [0.2, 0.25) is 0 Å². The zero-order chi connectivity index (χ0) is 19.6. The molecule has 3 rings (SSSR count). The molecule has 0 saturated heterocycles. The van der Waals surface area contributed by atoms with Crippen LogP contribution >= 0.6 is 46.9 Å². The van der Waals surface area contributed by atoms with Crippen molar-refractivity contribution in [1.82, 2.24) is 14.3 Å². The Morgan fingerprint density at radius 1 is 1.30 bits per heavy atom. The Kier molecular flexibility index (Phi) is 6.57. The van der Waals surface area contributed by atoms with E-state index < -0.39 is 0 Å². The molecule has 0 bridgehead atoms. The Labute approximate surface area is 177 Å². The highest BCUT2D eigenvalue weighted by molar-refractivity contribution is 8.01. The van der Waals surface area contributed by atoms with Crippen molar-refractivity contribution in [3.8, 4) is 5.69 Å². The molecule has 142 valence electrons. The minimum Gasteiger partial charge on any atom is -0.348 e. The Morgan fingerprint density at radius 2 is 2.00 bits per heavy atom. The Hall–Kier alpha value is -1.41. The van der Waals surface area contributed by atoms with Gasteiger partial charge in [-0.05, 0) is 62.8 Å². The zero-order valence-electron chi connectivity index (χ0n) is 15.4. The second-order valence-corrected chi connectivity index (χ2v) is 9.45. The van der Waals surface area contributed by atoms with Crippen molar-refractivity contribution in [1.29, 1.82) is 0 Å². The number of Topliss-reactive ketones (excluding diaryl/α,β-unsaturated/α-hetero) is 1. The van der Waals surface area contributed by atoms with Gasteiger partial charge in [0.15, 0.2) is 14.1 Å². The Balaban J connectivity index is 1.73. The SMILES string of the molecule is CCCn1c(C)cc(C(=O)CSc2nn(-c3ccc(Cl)cc3)c(=S)s2)c1C. The van der Waals surface area contributed by atoms with E-state index in [0.717, 1.165) is 39.9 Å². The number of carbonyl (C=O) groups is 1. The maximum absolute atomic E-state index is 12.7. The van der Waals surface area contributed by atoms with Gasteiger partial charge in [0.05, 0.1) is 11.4 Å². The molecule has 27 heavy (non-hydrogen) atoms. The maximum Gasteiger partial charge on any atom is 0.184 e. The van der Waals surface area contributed by atoms with E-state index in [1.165, 1.54) is 23.1 Å². The lowest BCUT2D eigenvalue weighted by atomic mass is 10.2. The number of ketones is 1. The molecule has 0 N–H and O–H groups in total. The van der Waals surface area contributed by atoms with Crippen LogP contribution in [0, 0.1) is 17.8 Å². The van der Waals surface area contributed by atoms with Crippen LogP contribution in [-0.4, -0.2) is 25.9 Å². The third kappa shape index (κ3) is 4.54. The van der Waals surface area contributed by atoms with E-state index in [0.29, 0.717) is 14.7 Å². The molecular weight excluding hydrogens is 418 g/mol. The van der Waals surface area contributed by atoms with E-state index in [1.54, 1.807) is 16.8 Å². The van der Waals surface area contributed by atoms with Gasteiger partial charge in [0.1, 0.15) is 0 Å². The predicted molar refractivity (Wildman–Crippen MR) is 117 cm³/mol. The fraction of sp³-hybridized carbons (Fsp3) is 0.316. The predicted octanol–water partition coefficient (Wildman–Crippen LogP) is 6.12. The lowest BCUT2D eigenvalue weighted by molar-refractivity contribution is 0.102. The molecule has 0 aliphatic carbocycles. The molecule has 1 aromatic carbocycles. The van der Waals surface area contributed by atoms with Crippen LogP contribution in [0.25, 0.3) is 5.69 Å². The first-order valence-electron chi connectivity index (χ1n) is 8.59. The van der Waals surface area contributed by atoms with Gasteiger partial charge in [-0.1, -0.05) is 41.6 Å². The topological polar surface area (TPSA) is 39.8 Å². The van der Waals surface area contributed by atoms with Crippen LogP contribution in [0.5, 0.6) is 0 Å². The van der Waals surface area contributed by atoms with Crippen molar-refractivity contribution in [3.05, 3.63) is 56.3 Å². The summed E-state index contributed by atoms with van der Waals surface area (Å²) in [6, 6.07) is 9.35. The number of thioether (sulfide) groups is 1. The van der Waals surface area contributed by atoms with Crippen LogP contribution < -0.4 is 0 Å². The number of hydrogen-bond acceptors (Lipinski definition) is 5. The molecule has 0 spiro atoms. The molecule has 0 saturated carbocycles. The summed E-state index contributed by atoms with van der Waals surface area (Å²) in [6.45, 7) is 7.14. The van der Waals surface area contributed by atoms with Gasteiger partial charge in [-0.15, -0.1) is 5.10 Å². The molecule has 2 heterocycles. The van der Waals surface area contributed by atoms with Crippen LogP contribution in [0.3, 0.4) is 0 Å². The van der Waals surface area contributed by atoms with Crippen LogP contribution in [-0.2, 0) is 6.54 Å². The summed E-state index contributed by atoms with van der Waals surface area (Å²) in [4.78, 5) is 12.7. The van der Waals surface area contributed by atoms with Gasteiger partial charge >= 0.3 is 0 Å². The minimum absolute atomic E-state index is 0.120. The van der Waals surface area contributed by atoms with Gasteiger partial charge in [-0.25, -0.2) is 4.68 Å². The van der Waals surface area contributed by atoms with Crippen LogP contribution in [0.15, 0.2) is 34.7 Å². The number of benzene rings is 1. The van der Waals surface area contributed by atoms with Crippen molar-refractivity contribution in [2.45, 2.75) is 38.1 Å². The smallest absolute Gasteiger partial charge is 0.184 e. The number of nitrogens with zero attached hydrogens (tertiary/aromatic N) is 3. The van der Waals surface area contributed by atoms with Crippen LogP contribution in [0.4, 0.5) is 0 Å². The summed E-state index contributed by atoms with van der Waals surface area (Å²) in [5, 5.41) is 5.21.